The van der Waals surface area contributed by atoms with Crippen LogP contribution in [-0.2, 0) is 9.59 Å². The first-order valence-corrected chi connectivity index (χ1v) is 7.10. The van der Waals surface area contributed by atoms with Crippen LogP contribution in [0.25, 0.3) is 0 Å². The molecular formula is C13H18N2O2S. The quantitative estimate of drug-likeness (QED) is 0.903. The van der Waals surface area contributed by atoms with E-state index in [4.69, 9.17) is 0 Å². The Hall–Kier alpha value is -1.36. The molecule has 1 aromatic heterocycles. The first-order valence-electron chi connectivity index (χ1n) is 6.22. The Bertz CT molecular complexity index is 430. The minimum atomic E-state index is -0.257. The first kappa shape index (κ1) is 13.1. The van der Waals surface area contributed by atoms with Gasteiger partial charge in [-0.25, -0.2) is 0 Å². The van der Waals surface area contributed by atoms with Crippen LogP contribution in [0.2, 0.25) is 0 Å². The maximum atomic E-state index is 12.1. The van der Waals surface area contributed by atoms with Gasteiger partial charge in [-0.1, -0.05) is 13.0 Å². The van der Waals surface area contributed by atoms with Crippen molar-refractivity contribution < 1.29 is 9.59 Å². The second kappa shape index (κ2) is 5.52. The van der Waals surface area contributed by atoms with Crippen molar-refractivity contribution in [3.05, 3.63) is 22.4 Å². The molecule has 2 heterocycles. The van der Waals surface area contributed by atoms with Crippen molar-refractivity contribution in [1.82, 2.24) is 10.2 Å². The lowest BCUT2D eigenvalue weighted by molar-refractivity contribution is -0.128. The molecule has 1 saturated heterocycles. The molecule has 0 spiro atoms. The molecule has 1 aliphatic heterocycles. The van der Waals surface area contributed by atoms with Crippen LogP contribution in [0.15, 0.2) is 17.5 Å². The van der Waals surface area contributed by atoms with E-state index >= 15 is 0 Å². The molecule has 2 atom stereocenters. The molecule has 1 aliphatic rings. The fourth-order valence-electron chi connectivity index (χ4n) is 2.33. The summed E-state index contributed by atoms with van der Waals surface area (Å²) in [6.07, 6.45) is 1.22. The zero-order valence-electron chi connectivity index (χ0n) is 10.7. The summed E-state index contributed by atoms with van der Waals surface area (Å²) in [4.78, 5) is 26.7. The van der Waals surface area contributed by atoms with E-state index in [1.165, 1.54) is 0 Å². The molecule has 0 aromatic carbocycles. The molecule has 0 saturated carbocycles. The lowest BCUT2D eigenvalue weighted by atomic mass is 9.98. The molecule has 2 amide bonds. The van der Waals surface area contributed by atoms with Crippen LogP contribution in [0.3, 0.4) is 0 Å². The Morgan fingerprint density at radius 1 is 1.61 bits per heavy atom. The number of hydrogen-bond acceptors (Lipinski definition) is 3. The Kier molecular flexibility index (Phi) is 4.01. The summed E-state index contributed by atoms with van der Waals surface area (Å²) in [6.45, 7) is 2.69. The number of amides is 2. The lowest BCUT2D eigenvalue weighted by Gasteiger charge is -2.23. The predicted octanol–water partition coefficient (Wildman–Crippen LogP) is 1.79. The molecule has 1 fully saturated rings. The van der Waals surface area contributed by atoms with Gasteiger partial charge in [0.1, 0.15) is 0 Å². The largest absolute Gasteiger partial charge is 0.356 e. The fourth-order valence-corrected chi connectivity index (χ4v) is 3.27. The lowest BCUT2D eigenvalue weighted by Crippen LogP contribution is -2.34. The highest BCUT2D eigenvalue weighted by molar-refractivity contribution is 7.10. The number of nitrogens with zero attached hydrogens (tertiary/aromatic N) is 1. The number of thiophene rings is 1. The average molecular weight is 266 g/mol. The third kappa shape index (κ3) is 2.41. The molecular weight excluding hydrogens is 248 g/mol. The molecule has 0 radical (unpaired) electrons. The summed E-state index contributed by atoms with van der Waals surface area (Å²) >= 11 is 1.60. The summed E-state index contributed by atoms with van der Waals surface area (Å²) in [6, 6.07) is 3.84. The van der Waals surface area contributed by atoms with E-state index in [9.17, 15) is 9.59 Å². The third-order valence-electron chi connectivity index (χ3n) is 3.31. The highest BCUT2D eigenvalue weighted by Gasteiger charge is 2.42. The third-order valence-corrected chi connectivity index (χ3v) is 4.25. The summed E-state index contributed by atoms with van der Waals surface area (Å²) in [5.74, 6) is -0.217. The molecule has 18 heavy (non-hydrogen) atoms. The summed E-state index contributed by atoms with van der Waals surface area (Å²) in [5, 5.41) is 4.87. The number of carbonyl (C=O) groups excluding carboxylic acids is 2. The Labute approximate surface area is 111 Å². The van der Waals surface area contributed by atoms with Crippen molar-refractivity contribution in [2.45, 2.75) is 25.8 Å². The van der Waals surface area contributed by atoms with E-state index in [1.807, 2.05) is 24.4 Å². The maximum Gasteiger partial charge on any atom is 0.226 e. The van der Waals surface area contributed by atoms with Crippen molar-refractivity contribution in [3.8, 4) is 0 Å². The van der Waals surface area contributed by atoms with Crippen LogP contribution in [0.1, 0.15) is 30.7 Å². The van der Waals surface area contributed by atoms with Gasteiger partial charge in [0.15, 0.2) is 0 Å². The van der Waals surface area contributed by atoms with Crippen molar-refractivity contribution in [2.75, 3.05) is 13.6 Å². The Balaban J connectivity index is 2.18. The van der Waals surface area contributed by atoms with E-state index in [2.05, 4.69) is 5.32 Å². The van der Waals surface area contributed by atoms with Crippen molar-refractivity contribution in [1.29, 1.82) is 0 Å². The number of rotatable bonds is 4. The summed E-state index contributed by atoms with van der Waals surface area (Å²) < 4.78 is 0. The van der Waals surface area contributed by atoms with Gasteiger partial charge < -0.3 is 10.2 Å². The topological polar surface area (TPSA) is 49.4 Å². The van der Waals surface area contributed by atoms with Crippen LogP contribution in [0.5, 0.6) is 0 Å². The van der Waals surface area contributed by atoms with Crippen LogP contribution < -0.4 is 5.32 Å². The average Bonchev–Trinajstić information content (AvgIpc) is 2.96. The molecule has 2 rings (SSSR count). The molecule has 0 aliphatic carbocycles. The number of hydrogen-bond donors (Lipinski definition) is 1. The van der Waals surface area contributed by atoms with E-state index in [0.717, 1.165) is 11.3 Å². The summed E-state index contributed by atoms with van der Waals surface area (Å²) in [7, 11) is 1.78. The maximum absolute atomic E-state index is 12.1. The van der Waals surface area contributed by atoms with E-state index in [-0.39, 0.29) is 23.8 Å². The van der Waals surface area contributed by atoms with Crippen molar-refractivity contribution in [2.24, 2.45) is 5.92 Å². The fraction of sp³-hybridized carbons (Fsp3) is 0.538. The van der Waals surface area contributed by atoms with Crippen LogP contribution in [-0.4, -0.2) is 30.3 Å². The molecule has 1 aromatic rings. The molecule has 0 unspecified atom stereocenters. The van der Waals surface area contributed by atoms with Gasteiger partial charge in [0, 0.05) is 24.9 Å². The predicted molar refractivity (Wildman–Crippen MR) is 71.2 cm³/mol. The normalized spacial score (nSPS) is 23.4. The molecule has 98 valence electrons. The van der Waals surface area contributed by atoms with Gasteiger partial charge in [0.25, 0.3) is 0 Å². The second-order valence-corrected chi connectivity index (χ2v) is 5.55. The minimum Gasteiger partial charge on any atom is -0.356 e. The zero-order chi connectivity index (χ0) is 13.1. The van der Waals surface area contributed by atoms with Gasteiger partial charge >= 0.3 is 0 Å². The Morgan fingerprint density at radius 3 is 3.00 bits per heavy atom. The standard InChI is InChI=1S/C13H18N2O2S/c1-3-6-14-13(17)9-8-11(16)15(2)12(9)10-5-4-7-18-10/h4-5,7,9,12H,3,6,8H2,1-2H3,(H,14,17)/t9-,12-/m1/s1. The van der Waals surface area contributed by atoms with Gasteiger partial charge in [0.05, 0.1) is 12.0 Å². The molecule has 5 heteroatoms. The van der Waals surface area contributed by atoms with E-state index in [0.29, 0.717) is 13.0 Å². The van der Waals surface area contributed by atoms with Crippen molar-refractivity contribution >= 4 is 23.2 Å². The van der Waals surface area contributed by atoms with E-state index < -0.39 is 0 Å². The van der Waals surface area contributed by atoms with Crippen LogP contribution >= 0.6 is 11.3 Å². The summed E-state index contributed by atoms with van der Waals surface area (Å²) in [5.41, 5.74) is 0. The molecule has 0 bridgehead atoms. The van der Waals surface area contributed by atoms with Crippen LogP contribution in [0.4, 0.5) is 0 Å². The van der Waals surface area contributed by atoms with Crippen molar-refractivity contribution in [3.63, 3.8) is 0 Å². The zero-order valence-corrected chi connectivity index (χ0v) is 11.5. The number of nitrogens with one attached hydrogen (secondary N) is 1. The van der Waals surface area contributed by atoms with E-state index in [1.54, 1.807) is 23.3 Å². The number of likely N-dealkylation sites (tertiary alicyclic amines) is 1. The Morgan fingerprint density at radius 2 is 2.39 bits per heavy atom. The van der Waals surface area contributed by atoms with Gasteiger partial charge in [0.2, 0.25) is 11.8 Å². The van der Waals surface area contributed by atoms with Gasteiger partial charge in [-0.2, -0.15) is 0 Å². The first-order chi connectivity index (χ1) is 8.65. The van der Waals surface area contributed by atoms with Crippen LogP contribution in [0, 0.1) is 5.92 Å². The smallest absolute Gasteiger partial charge is 0.226 e. The molecule has 1 N–H and O–H groups in total. The highest BCUT2D eigenvalue weighted by Crippen LogP contribution is 2.38. The molecule has 4 nitrogen and oxygen atoms in total. The monoisotopic (exact) mass is 266 g/mol. The van der Waals surface area contributed by atoms with Gasteiger partial charge in [-0.05, 0) is 17.9 Å². The SMILES string of the molecule is CCCNC(=O)[C@@H]1CC(=O)N(C)[C@H]1c1cccs1. The highest BCUT2D eigenvalue weighted by atomic mass is 32.1. The number of carbonyl (C=O) groups is 2. The second-order valence-electron chi connectivity index (χ2n) is 4.57. The van der Waals surface area contributed by atoms with Gasteiger partial charge in [-0.3, -0.25) is 9.59 Å². The minimum absolute atomic E-state index is 0.00653. The van der Waals surface area contributed by atoms with Gasteiger partial charge in [-0.15, -0.1) is 11.3 Å².